The van der Waals surface area contributed by atoms with Crippen molar-refractivity contribution in [1.82, 2.24) is 10.2 Å². The Labute approximate surface area is 136 Å². The number of likely N-dealkylation sites (tertiary alicyclic amines) is 1. The van der Waals surface area contributed by atoms with Crippen molar-refractivity contribution in [2.45, 2.75) is 25.8 Å². The number of aryl methyl sites for hydroxylation is 1. The van der Waals surface area contributed by atoms with Crippen LogP contribution in [0.15, 0.2) is 24.3 Å². The second kappa shape index (κ2) is 7.97. The van der Waals surface area contributed by atoms with Crippen LogP contribution in [0.2, 0.25) is 0 Å². The Morgan fingerprint density at radius 2 is 2.00 bits per heavy atom. The lowest BCUT2D eigenvalue weighted by Crippen LogP contribution is -2.40. The van der Waals surface area contributed by atoms with Crippen molar-refractivity contribution in [2.24, 2.45) is 5.92 Å². The number of hydrogen-bond acceptors (Lipinski definition) is 4. The Balaban J connectivity index is 1.86. The molecule has 2 N–H and O–H groups in total. The van der Waals surface area contributed by atoms with Crippen molar-refractivity contribution in [1.29, 1.82) is 0 Å². The summed E-state index contributed by atoms with van der Waals surface area (Å²) >= 11 is 0. The first-order chi connectivity index (χ1) is 11.0. The fourth-order valence-corrected chi connectivity index (χ4v) is 2.89. The van der Waals surface area contributed by atoms with Gasteiger partial charge in [-0.3, -0.25) is 9.59 Å². The van der Waals surface area contributed by atoms with Crippen LogP contribution in [-0.4, -0.2) is 54.7 Å². The molecule has 1 aromatic rings. The summed E-state index contributed by atoms with van der Waals surface area (Å²) in [5.41, 5.74) is 1.08. The van der Waals surface area contributed by atoms with Gasteiger partial charge in [-0.15, -0.1) is 0 Å². The van der Waals surface area contributed by atoms with Gasteiger partial charge in [0.1, 0.15) is 5.75 Å². The average Bonchev–Trinajstić information content (AvgIpc) is 2.95. The standard InChI is InChI=1S/C17H24N2O4/c1-12(21)18-16-10-19(9-14(16)11-20)17(22)8-5-13-3-6-15(23-2)7-4-13/h3-4,6-7,14,16,20H,5,8-11H2,1-2H3,(H,18,21)/t14-,16+/m0/s1. The molecule has 0 spiro atoms. The second-order valence-electron chi connectivity index (χ2n) is 5.90. The number of nitrogens with one attached hydrogen (secondary N) is 1. The highest BCUT2D eigenvalue weighted by molar-refractivity contribution is 5.77. The van der Waals surface area contributed by atoms with Gasteiger partial charge in [0, 0.05) is 39.0 Å². The van der Waals surface area contributed by atoms with Crippen molar-refractivity contribution in [3.63, 3.8) is 0 Å². The fourth-order valence-electron chi connectivity index (χ4n) is 2.89. The molecule has 0 unspecified atom stereocenters. The van der Waals surface area contributed by atoms with Crippen molar-refractivity contribution in [2.75, 3.05) is 26.8 Å². The van der Waals surface area contributed by atoms with Crippen molar-refractivity contribution >= 4 is 11.8 Å². The maximum Gasteiger partial charge on any atom is 0.222 e. The zero-order valence-corrected chi connectivity index (χ0v) is 13.6. The number of benzene rings is 1. The van der Waals surface area contributed by atoms with Crippen LogP contribution in [0.1, 0.15) is 18.9 Å². The maximum absolute atomic E-state index is 12.3. The number of hydrogen-bond donors (Lipinski definition) is 2. The van der Waals surface area contributed by atoms with Crippen LogP contribution >= 0.6 is 0 Å². The van der Waals surface area contributed by atoms with E-state index in [0.29, 0.717) is 25.9 Å². The molecular formula is C17H24N2O4. The molecule has 2 atom stereocenters. The summed E-state index contributed by atoms with van der Waals surface area (Å²) in [6.07, 6.45) is 1.07. The van der Waals surface area contributed by atoms with E-state index in [1.807, 2.05) is 24.3 Å². The molecule has 6 heteroatoms. The quantitative estimate of drug-likeness (QED) is 0.804. The lowest BCUT2D eigenvalue weighted by atomic mass is 10.1. The predicted molar refractivity (Wildman–Crippen MR) is 86.1 cm³/mol. The minimum absolute atomic E-state index is 0.0345. The number of carbonyl (C=O) groups excluding carboxylic acids is 2. The number of nitrogens with zero attached hydrogens (tertiary/aromatic N) is 1. The molecule has 0 bridgehead atoms. The van der Waals surface area contributed by atoms with Gasteiger partial charge in [-0.2, -0.15) is 0 Å². The van der Waals surface area contributed by atoms with Gasteiger partial charge in [0.05, 0.1) is 13.2 Å². The topological polar surface area (TPSA) is 78.9 Å². The molecule has 1 heterocycles. The monoisotopic (exact) mass is 320 g/mol. The highest BCUT2D eigenvalue weighted by Gasteiger charge is 2.34. The van der Waals surface area contributed by atoms with Gasteiger partial charge in [0.15, 0.2) is 0 Å². The van der Waals surface area contributed by atoms with Crippen LogP contribution in [0.3, 0.4) is 0 Å². The van der Waals surface area contributed by atoms with Gasteiger partial charge in [0.25, 0.3) is 0 Å². The molecule has 6 nitrogen and oxygen atoms in total. The molecule has 1 fully saturated rings. The van der Waals surface area contributed by atoms with Crippen molar-refractivity contribution in [3.8, 4) is 5.75 Å². The molecule has 126 valence electrons. The minimum atomic E-state index is -0.164. The summed E-state index contributed by atoms with van der Waals surface area (Å²) in [7, 11) is 1.62. The Morgan fingerprint density at radius 3 is 2.57 bits per heavy atom. The summed E-state index contributed by atoms with van der Waals surface area (Å²) < 4.78 is 5.11. The third kappa shape index (κ3) is 4.69. The van der Waals surface area contributed by atoms with E-state index >= 15 is 0 Å². The first kappa shape index (κ1) is 17.3. The average molecular weight is 320 g/mol. The Morgan fingerprint density at radius 1 is 1.30 bits per heavy atom. The molecule has 1 aliphatic heterocycles. The molecule has 0 aliphatic carbocycles. The van der Waals surface area contributed by atoms with Gasteiger partial charge in [-0.05, 0) is 24.1 Å². The third-order valence-electron chi connectivity index (χ3n) is 4.20. The van der Waals surface area contributed by atoms with Gasteiger partial charge in [-0.25, -0.2) is 0 Å². The summed E-state index contributed by atoms with van der Waals surface area (Å²) in [4.78, 5) is 25.3. The number of aliphatic hydroxyl groups excluding tert-OH is 1. The van der Waals surface area contributed by atoms with Crippen LogP contribution in [0, 0.1) is 5.92 Å². The Kier molecular flexibility index (Phi) is 5.98. The highest BCUT2D eigenvalue weighted by atomic mass is 16.5. The number of rotatable bonds is 6. The van der Waals surface area contributed by atoms with Crippen LogP contribution < -0.4 is 10.1 Å². The first-order valence-corrected chi connectivity index (χ1v) is 7.82. The highest BCUT2D eigenvalue weighted by Crippen LogP contribution is 2.19. The van der Waals surface area contributed by atoms with Crippen LogP contribution in [0.25, 0.3) is 0 Å². The lowest BCUT2D eigenvalue weighted by Gasteiger charge is -2.17. The summed E-state index contributed by atoms with van der Waals surface area (Å²) in [6, 6.07) is 7.50. The maximum atomic E-state index is 12.3. The van der Waals surface area contributed by atoms with Crippen molar-refractivity contribution < 1.29 is 19.4 Å². The summed E-state index contributed by atoms with van der Waals surface area (Å²) in [5, 5.41) is 12.2. The number of ether oxygens (including phenoxy) is 1. The van der Waals surface area contributed by atoms with Gasteiger partial charge < -0.3 is 20.1 Å². The Bertz CT molecular complexity index is 544. The molecular weight excluding hydrogens is 296 g/mol. The zero-order chi connectivity index (χ0) is 16.8. The third-order valence-corrected chi connectivity index (χ3v) is 4.20. The normalized spacial score (nSPS) is 20.4. The molecule has 1 aliphatic rings. The van der Waals surface area contributed by atoms with E-state index in [9.17, 15) is 14.7 Å². The SMILES string of the molecule is COc1ccc(CCC(=O)N2C[C@@H](CO)[C@H](NC(C)=O)C2)cc1. The van der Waals surface area contributed by atoms with E-state index in [1.54, 1.807) is 12.0 Å². The molecule has 2 rings (SSSR count). The van der Waals surface area contributed by atoms with Crippen molar-refractivity contribution in [3.05, 3.63) is 29.8 Å². The van der Waals surface area contributed by atoms with Crippen LogP contribution in [0.4, 0.5) is 0 Å². The molecule has 0 radical (unpaired) electrons. The molecule has 1 aromatic carbocycles. The lowest BCUT2D eigenvalue weighted by molar-refractivity contribution is -0.130. The number of aliphatic hydroxyl groups is 1. The number of carbonyl (C=O) groups is 2. The molecule has 0 saturated carbocycles. The first-order valence-electron chi connectivity index (χ1n) is 7.82. The summed E-state index contributed by atoms with van der Waals surface area (Å²) in [5.74, 6) is 0.612. The number of amides is 2. The predicted octanol–water partition coefficient (Wildman–Crippen LogP) is 0.583. The Hall–Kier alpha value is -2.08. The van der Waals surface area contributed by atoms with Crippen LogP contribution in [-0.2, 0) is 16.0 Å². The number of methoxy groups -OCH3 is 1. The van der Waals surface area contributed by atoms with Gasteiger partial charge >= 0.3 is 0 Å². The molecule has 2 amide bonds. The van der Waals surface area contributed by atoms with E-state index in [2.05, 4.69) is 5.32 Å². The summed E-state index contributed by atoms with van der Waals surface area (Å²) in [6.45, 7) is 2.37. The van der Waals surface area contributed by atoms with E-state index in [-0.39, 0.29) is 30.4 Å². The van der Waals surface area contributed by atoms with Gasteiger partial charge in [0.2, 0.25) is 11.8 Å². The van der Waals surface area contributed by atoms with E-state index in [0.717, 1.165) is 11.3 Å². The smallest absolute Gasteiger partial charge is 0.222 e. The fraction of sp³-hybridized carbons (Fsp3) is 0.529. The van der Waals surface area contributed by atoms with E-state index in [1.165, 1.54) is 6.92 Å². The van der Waals surface area contributed by atoms with Gasteiger partial charge in [-0.1, -0.05) is 12.1 Å². The second-order valence-corrected chi connectivity index (χ2v) is 5.90. The van der Waals surface area contributed by atoms with E-state index < -0.39 is 0 Å². The minimum Gasteiger partial charge on any atom is -0.497 e. The molecule has 23 heavy (non-hydrogen) atoms. The van der Waals surface area contributed by atoms with E-state index in [4.69, 9.17) is 4.74 Å². The van der Waals surface area contributed by atoms with Crippen LogP contribution in [0.5, 0.6) is 5.75 Å². The molecule has 1 saturated heterocycles. The zero-order valence-electron chi connectivity index (χ0n) is 13.6. The molecule has 0 aromatic heterocycles. The largest absolute Gasteiger partial charge is 0.497 e.